The fourth-order valence-corrected chi connectivity index (χ4v) is 3.39. The third-order valence-electron chi connectivity index (χ3n) is 3.09. The van der Waals surface area contributed by atoms with Crippen LogP contribution in [0.3, 0.4) is 0 Å². The molecule has 0 saturated carbocycles. The molecule has 1 aromatic carbocycles. The number of rotatable bonds is 5. The summed E-state index contributed by atoms with van der Waals surface area (Å²) >= 11 is 5.93. The number of benzene rings is 1. The van der Waals surface area contributed by atoms with Gasteiger partial charge in [-0.05, 0) is 31.5 Å². The number of halogens is 1. The van der Waals surface area contributed by atoms with Gasteiger partial charge < -0.3 is 9.63 Å². The predicted molar refractivity (Wildman–Crippen MR) is 77.4 cm³/mol. The topological polar surface area (TPSA) is 92.4 Å². The molecule has 0 amide bonds. The molecule has 0 spiro atoms. The lowest BCUT2D eigenvalue weighted by Gasteiger charge is -2.09. The molecule has 0 radical (unpaired) electrons. The van der Waals surface area contributed by atoms with Crippen LogP contribution < -0.4 is 4.72 Å². The molecule has 0 bridgehead atoms. The Bertz CT molecular complexity index is 736. The van der Waals surface area contributed by atoms with Crippen LogP contribution in [0.5, 0.6) is 0 Å². The van der Waals surface area contributed by atoms with Gasteiger partial charge in [0.25, 0.3) is 0 Å². The summed E-state index contributed by atoms with van der Waals surface area (Å²) in [7, 11) is -3.80. The summed E-state index contributed by atoms with van der Waals surface area (Å²) in [6, 6.07) is 4.35. The molecule has 0 aliphatic heterocycles. The first-order chi connectivity index (χ1) is 9.85. The molecule has 0 fully saturated rings. The molecule has 0 atom stereocenters. The number of aryl methyl sites for hydroxylation is 2. The monoisotopic (exact) mass is 330 g/mol. The van der Waals surface area contributed by atoms with Crippen LogP contribution in [0.1, 0.15) is 22.6 Å². The van der Waals surface area contributed by atoms with Gasteiger partial charge in [0.2, 0.25) is 10.0 Å². The number of sulfonamides is 1. The number of aliphatic hydroxyl groups is 1. The highest BCUT2D eigenvalue weighted by Gasteiger charge is 2.20. The van der Waals surface area contributed by atoms with Gasteiger partial charge in [0.15, 0.2) is 0 Å². The van der Waals surface area contributed by atoms with Crippen molar-refractivity contribution in [3.05, 3.63) is 45.8 Å². The minimum absolute atomic E-state index is 0.0587. The van der Waals surface area contributed by atoms with Crippen LogP contribution in [0, 0.1) is 13.8 Å². The SMILES string of the molecule is Cc1noc(C)c1CNS(=O)(=O)c1cc(CO)ccc1Cl. The van der Waals surface area contributed by atoms with E-state index in [1.54, 1.807) is 19.9 Å². The minimum Gasteiger partial charge on any atom is -0.392 e. The Labute approximate surface area is 127 Å². The summed E-state index contributed by atoms with van der Waals surface area (Å²) in [6.45, 7) is 3.25. The molecule has 2 rings (SSSR count). The van der Waals surface area contributed by atoms with E-state index in [0.717, 1.165) is 0 Å². The van der Waals surface area contributed by atoms with Gasteiger partial charge in [0, 0.05) is 12.1 Å². The molecular weight excluding hydrogens is 316 g/mol. The van der Waals surface area contributed by atoms with Gasteiger partial charge in [0.05, 0.1) is 17.3 Å². The van der Waals surface area contributed by atoms with Crippen molar-refractivity contribution in [1.82, 2.24) is 9.88 Å². The van der Waals surface area contributed by atoms with Crippen molar-refractivity contribution >= 4 is 21.6 Å². The summed E-state index contributed by atoms with van der Waals surface area (Å²) in [6.07, 6.45) is 0. The van der Waals surface area contributed by atoms with Crippen molar-refractivity contribution in [2.75, 3.05) is 0 Å². The number of aromatic nitrogens is 1. The smallest absolute Gasteiger partial charge is 0.242 e. The normalized spacial score (nSPS) is 11.8. The van der Waals surface area contributed by atoms with E-state index < -0.39 is 10.0 Å². The number of hydrogen-bond donors (Lipinski definition) is 2. The van der Waals surface area contributed by atoms with Crippen LogP contribution >= 0.6 is 11.6 Å². The van der Waals surface area contributed by atoms with E-state index in [2.05, 4.69) is 9.88 Å². The highest BCUT2D eigenvalue weighted by atomic mass is 35.5. The average Bonchev–Trinajstić information content (AvgIpc) is 2.76. The van der Waals surface area contributed by atoms with Crippen molar-refractivity contribution in [1.29, 1.82) is 0 Å². The Morgan fingerprint density at radius 3 is 2.67 bits per heavy atom. The molecule has 21 heavy (non-hydrogen) atoms. The zero-order valence-corrected chi connectivity index (χ0v) is 13.1. The first-order valence-corrected chi connectivity index (χ1v) is 8.02. The zero-order valence-electron chi connectivity index (χ0n) is 11.6. The van der Waals surface area contributed by atoms with E-state index in [4.69, 9.17) is 21.2 Å². The second-order valence-corrected chi connectivity index (χ2v) is 6.69. The lowest BCUT2D eigenvalue weighted by molar-refractivity contribution is 0.281. The van der Waals surface area contributed by atoms with E-state index in [9.17, 15) is 8.42 Å². The third kappa shape index (κ3) is 3.44. The molecule has 0 unspecified atom stereocenters. The Hall–Kier alpha value is -1.41. The highest BCUT2D eigenvalue weighted by molar-refractivity contribution is 7.89. The molecule has 114 valence electrons. The highest BCUT2D eigenvalue weighted by Crippen LogP contribution is 2.23. The number of hydrogen-bond acceptors (Lipinski definition) is 5. The molecule has 0 saturated heterocycles. The minimum atomic E-state index is -3.80. The second-order valence-electron chi connectivity index (χ2n) is 4.55. The Morgan fingerprint density at radius 2 is 2.10 bits per heavy atom. The van der Waals surface area contributed by atoms with Gasteiger partial charge >= 0.3 is 0 Å². The fourth-order valence-electron chi connectivity index (χ4n) is 1.85. The van der Waals surface area contributed by atoms with Crippen molar-refractivity contribution in [3.63, 3.8) is 0 Å². The lowest BCUT2D eigenvalue weighted by Crippen LogP contribution is -2.24. The van der Waals surface area contributed by atoms with Crippen LogP contribution in [0.15, 0.2) is 27.6 Å². The van der Waals surface area contributed by atoms with E-state index in [1.807, 2.05) is 0 Å². The molecule has 2 aromatic rings. The van der Waals surface area contributed by atoms with Gasteiger partial charge in [-0.1, -0.05) is 22.8 Å². The maximum absolute atomic E-state index is 12.3. The standard InChI is InChI=1S/C13H15ClN2O4S/c1-8-11(9(2)20-16-8)6-15-21(18,19)13-5-10(7-17)3-4-12(13)14/h3-5,15,17H,6-7H2,1-2H3. The Morgan fingerprint density at radius 1 is 1.38 bits per heavy atom. The molecule has 0 aliphatic rings. The van der Waals surface area contributed by atoms with Crippen LogP contribution in [-0.4, -0.2) is 18.7 Å². The Balaban J connectivity index is 2.27. The van der Waals surface area contributed by atoms with Crippen molar-refractivity contribution in [2.45, 2.75) is 31.9 Å². The zero-order chi connectivity index (χ0) is 15.6. The molecule has 6 nitrogen and oxygen atoms in total. The largest absolute Gasteiger partial charge is 0.392 e. The fraction of sp³-hybridized carbons (Fsp3) is 0.308. The first-order valence-electron chi connectivity index (χ1n) is 6.16. The van der Waals surface area contributed by atoms with Crippen molar-refractivity contribution < 1.29 is 18.0 Å². The van der Waals surface area contributed by atoms with Gasteiger partial charge in [0.1, 0.15) is 10.7 Å². The number of aliphatic hydroxyl groups excluding tert-OH is 1. The molecule has 2 N–H and O–H groups in total. The van der Waals surface area contributed by atoms with Gasteiger partial charge in [-0.15, -0.1) is 0 Å². The summed E-state index contributed by atoms with van der Waals surface area (Å²) in [4.78, 5) is -0.0672. The first kappa shape index (κ1) is 16.0. The number of nitrogens with zero attached hydrogens (tertiary/aromatic N) is 1. The van der Waals surface area contributed by atoms with Crippen LogP contribution in [0.4, 0.5) is 0 Å². The van der Waals surface area contributed by atoms with Gasteiger partial charge in [-0.2, -0.15) is 0 Å². The maximum atomic E-state index is 12.3. The second kappa shape index (κ2) is 6.15. The van der Waals surface area contributed by atoms with Gasteiger partial charge in [-0.25, -0.2) is 13.1 Å². The third-order valence-corrected chi connectivity index (χ3v) is 4.97. The van der Waals surface area contributed by atoms with Crippen LogP contribution in [-0.2, 0) is 23.2 Å². The van der Waals surface area contributed by atoms with E-state index >= 15 is 0 Å². The van der Waals surface area contributed by atoms with Gasteiger partial charge in [-0.3, -0.25) is 0 Å². The molecule has 1 heterocycles. The summed E-state index contributed by atoms with van der Waals surface area (Å²) in [5.74, 6) is 0.561. The maximum Gasteiger partial charge on any atom is 0.242 e. The summed E-state index contributed by atoms with van der Waals surface area (Å²) < 4.78 is 32.1. The van der Waals surface area contributed by atoms with E-state index in [1.165, 1.54) is 12.1 Å². The molecular formula is C13H15ClN2O4S. The van der Waals surface area contributed by atoms with E-state index in [-0.39, 0.29) is 23.1 Å². The number of nitrogens with one attached hydrogen (secondary N) is 1. The molecule has 1 aromatic heterocycles. The van der Waals surface area contributed by atoms with E-state index in [0.29, 0.717) is 22.6 Å². The van der Waals surface area contributed by atoms with Crippen LogP contribution in [0.25, 0.3) is 0 Å². The quantitative estimate of drug-likeness (QED) is 0.873. The Kier molecular flexibility index (Phi) is 4.67. The van der Waals surface area contributed by atoms with Crippen molar-refractivity contribution in [2.24, 2.45) is 0 Å². The van der Waals surface area contributed by atoms with Crippen LogP contribution in [0.2, 0.25) is 5.02 Å². The van der Waals surface area contributed by atoms with Crippen molar-refractivity contribution in [3.8, 4) is 0 Å². The molecule has 8 heteroatoms. The lowest BCUT2D eigenvalue weighted by atomic mass is 10.2. The summed E-state index contributed by atoms with van der Waals surface area (Å²) in [5.41, 5.74) is 1.79. The summed E-state index contributed by atoms with van der Waals surface area (Å²) in [5, 5.41) is 13.0. The predicted octanol–water partition coefficient (Wildman–Crippen LogP) is 1.92. The molecule has 0 aliphatic carbocycles. The average molecular weight is 331 g/mol.